The molecule has 2 bridgehead atoms. The minimum absolute atomic E-state index is 0.0845. The highest BCUT2D eigenvalue weighted by Gasteiger charge is 2.42. The first-order valence-electron chi connectivity index (χ1n) is 12.0. The van der Waals surface area contributed by atoms with Crippen LogP contribution < -0.4 is 4.90 Å². The molecule has 2 aliphatic heterocycles. The Labute approximate surface area is 197 Å². The predicted octanol–water partition coefficient (Wildman–Crippen LogP) is 7.60. The van der Waals surface area contributed by atoms with Crippen LogP contribution in [-0.4, -0.2) is 18.2 Å². The topological polar surface area (TPSA) is 12.5 Å². The summed E-state index contributed by atoms with van der Waals surface area (Å²) in [6.45, 7) is 2.25. The SMILES string of the molecule is CCCc1cccc(N2[C@@H]3CC[C@H]2CC(OC(c2ccccc2)c2cccc(Cl)c2)C3)c1. The van der Waals surface area contributed by atoms with Crippen molar-refractivity contribution in [1.82, 2.24) is 0 Å². The zero-order valence-corrected chi connectivity index (χ0v) is 19.5. The quantitative estimate of drug-likeness (QED) is 0.371. The third-order valence-electron chi connectivity index (χ3n) is 7.02. The summed E-state index contributed by atoms with van der Waals surface area (Å²) in [6.07, 6.45) is 7.20. The van der Waals surface area contributed by atoms with Crippen LogP contribution in [0.1, 0.15) is 61.8 Å². The van der Waals surface area contributed by atoms with Crippen molar-refractivity contribution in [2.45, 2.75) is 69.7 Å². The third kappa shape index (κ3) is 4.58. The van der Waals surface area contributed by atoms with Crippen molar-refractivity contribution in [3.05, 3.63) is 101 Å². The monoisotopic (exact) mass is 445 g/mol. The van der Waals surface area contributed by atoms with Crippen LogP contribution in [0, 0.1) is 0 Å². The van der Waals surface area contributed by atoms with Crippen molar-refractivity contribution in [2.24, 2.45) is 0 Å². The van der Waals surface area contributed by atoms with E-state index in [1.165, 1.54) is 36.1 Å². The van der Waals surface area contributed by atoms with Gasteiger partial charge in [-0.3, -0.25) is 0 Å². The van der Waals surface area contributed by atoms with Crippen molar-refractivity contribution in [2.75, 3.05) is 4.90 Å². The van der Waals surface area contributed by atoms with Gasteiger partial charge in [-0.25, -0.2) is 0 Å². The summed E-state index contributed by atoms with van der Waals surface area (Å²) in [7, 11) is 0. The predicted molar refractivity (Wildman–Crippen MR) is 134 cm³/mol. The van der Waals surface area contributed by atoms with Gasteiger partial charge in [0.1, 0.15) is 6.10 Å². The fraction of sp³-hybridized carbons (Fsp3) is 0.379. The van der Waals surface area contributed by atoms with Gasteiger partial charge in [0, 0.05) is 22.8 Å². The minimum atomic E-state index is -0.0845. The number of hydrogen-bond donors (Lipinski definition) is 0. The summed E-state index contributed by atoms with van der Waals surface area (Å²) in [5.41, 5.74) is 5.17. The molecule has 0 aromatic heterocycles. The highest BCUT2D eigenvalue weighted by atomic mass is 35.5. The summed E-state index contributed by atoms with van der Waals surface area (Å²) in [5.74, 6) is 0. The minimum Gasteiger partial charge on any atom is -0.365 e. The normalized spacial score (nSPS) is 23.3. The summed E-state index contributed by atoms with van der Waals surface area (Å²) >= 11 is 6.34. The number of fused-ring (bicyclic) bond motifs is 2. The molecule has 3 heteroatoms. The van der Waals surface area contributed by atoms with Crippen molar-refractivity contribution in [1.29, 1.82) is 0 Å². The Morgan fingerprint density at radius 3 is 2.31 bits per heavy atom. The molecule has 2 nitrogen and oxygen atoms in total. The highest BCUT2D eigenvalue weighted by Crippen LogP contribution is 2.42. The van der Waals surface area contributed by atoms with E-state index in [0.717, 1.165) is 29.8 Å². The molecule has 32 heavy (non-hydrogen) atoms. The Morgan fingerprint density at radius 2 is 1.59 bits per heavy atom. The average molecular weight is 446 g/mol. The molecule has 0 N–H and O–H groups in total. The Kier molecular flexibility index (Phi) is 6.52. The lowest BCUT2D eigenvalue weighted by atomic mass is 9.96. The lowest BCUT2D eigenvalue weighted by Crippen LogP contribution is -2.46. The maximum Gasteiger partial charge on any atom is 0.108 e. The standard InChI is InChI=1S/C29H32ClNO/c1-2-8-21-9-6-14-25(17-21)31-26-15-16-27(31)20-28(19-26)32-29(22-10-4-3-5-11-22)23-12-7-13-24(30)18-23/h3-7,9-14,17-18,26-29H,2,8,15-16,19-20H2,1H3/t26-,27+,28?,29?. The van der Waals surface area contributed by atoms with E-state index < -0.39 is 0 Å². The number of piperidine rings is 1. The highest BCUT2D eigenvalue weighted by molar-refractivity contribution is 6.30. The van der Waals surface area contributed by atoms with Crippen LogP contribution in [0.15, 0.2) is 78.9 Å². The molecule has 3 aromatic rings. The van der Waals surface area contributed by atoms with Gasteiger partial charge in [-0.15, -0.1) is 0 Å². The van der Waals surface area contributed by atoms with E-state index in [2.05, 4.69) is 72.5 Å². The van der Waals surface area contributed by atoms with Crippen LogP contribution in [0.3, 0.4) is 0 Å². The number of halogens is 1. The number of ether oxygens (including phenoxy) is 1. The second-order valence-electron chi connectivity index (χ2n) is 9.29. The van der Waals surface area contributed by atoms with Gasteiger partial charge in [0.25, 0.3) is 0 Å². The van der Waals surface area contributed by atoms with Crippen molar-refractivity contribution in [3.63, 3.8) is 0 Å². The molecule has 0 radical (unpaired) electrons. The average Bonchev–Trinajstić information content (AvgIpc) is 3.08. The number of nitrogens with zero attached hydrogens (tertiary/aromatic N) is 1. The molecular weight excluding hydrogens is 414 g/mol. The first-order chi connectivity index (χ1) is 15.7. The number of hydrogen-bond acceptors (Lipinski definition) is 2. The molecule has 0 saturated carbocycles. The van der Waals surface area contributed by atoms with Crippen molar-refractivity contribution in [3.8, 4) is 0 Å². The van der Waals surface area contributed by atoms with E-state index in [0.29, 0.717) is 12.1 Å². The van der Waals surface area contributed by atoms with E-state index in [4.69, 9.17) is 16.3 Å². The van der Waals surface area contributed by atoms with E-state index in [1.54, 1.807) is 0 Å². The van der Waals surface area contributed by atoms with Gasteiger partial charge < -0.3 is 9.64 Å². The molecule has 4 atom stereocenters. The number of rotatable bonds is 7. The van der Waals surface area contributed by atoms with E-state index in [9.17, 15) is 0 Å². The second-order valence-corrected chi connectivity index (χ2v) is 9.72. The van der Waals surface area contributed by atoms with Crippen LogP contribution in [0.2, 0.25) is 5.02 Å². The molecular formula is C29H32ClNO. The fourth-order valence-electron chi connectivity index (χ4n) is 5.66. The molecule has 2 heterocycles. The van der Waals surface area contributed by atoms with E-state index in [1.807, 2.05) is 18.2 Å². The molecule has 3 aromatic carbocycles. The first-order valence-corrected chi connectivity index (χ1v) is 12.4. The van der Waals surface area contributed by atoms with E-state index in [-0.39, 0.29) is 12.2 Å². The van der Waals surface area contributed by atoms with Gasteiger partial charge in [-0.2, -0.15) is 0 Å². The van der Waals surface area contributed by atoms with Gasteiger partial charge in [0.05, 0.1) is 6.10 Å². The number of benzene rings is 3. The molecule has 0 aliphatic carbocycles. The Morgan fingerprint density at radius 1 is 0.875 bits per heavy atom. The fourth-order valence-corrected chi connectivity index (χ4v) is 5.86. The second kappa shape index (κ2) is 9.68. The smallest absolute Gasteiger partial charge is 0.108 e. The Bertz CT molecular complexity index is 1020. The first kappa shape index (κ1) is 21.6. The van der Waals surface area contributed by atoms with Crippen molar-refractivity contribution < 1.29 is 4.74 Å². The van der Waals surface area contributed by atoms with Crippen molar-refractivity contribution >= 4 is 17.3 Å². The van der Waals surface area contributed by atoms with E-state index >= 15 is 0 Å². The number of anilines is 1. The lowest BCUT2D eigenvalue weighted by Gasteiger charge is -2.41. The molecule has 5 rings (SSSR count). The maximum absolute atomic E-state index is 6.86. The Hall–Kier alpha value is -2.29. The van der Waals surface area contributed by atoms with Gasteiger partial charge in [0.2, 0.25) is 0 Å². The Balaban J connectivity index is 1.36. The van der Waals surface area contributed by atoms with Crippen LogP contribution in [-0.2, 0) is 11.2 Å². The van der Waals surface area contributed by atoms with Crippen LogP contribution in [0.4, 0.5) is 5.69 Å². The summed E-state index contributed by atoms with van der Waals surface area (Å²) in [6, 6.07) is 29.0. The van der Waals surface area contributed by atoms with Gasteiger partial charge in [-0.1, -0.05) is 79.5 Å². The van der Waals surface area contributed by atoms with Gasteiger partial charge in [0.15, 0.2) is 0 Å². The lowest BCUT2D eigenvalue weighted by molar-refractivity contribution is -0.0132. The summed E-state index contributed by atoms with van der Waals surface area (Å²) < 4.78 is 6.86. The molecule has 0 amide bonds. The zero-order chi connectivity index (χ0) is 21.9. The largest absolute Gasteiger partial charge is 0.365 e. The van der Waals surface area contributed by atoms with Gasteiger partial charge in [-0.05, 0) is 73.1 Å². The molecule has 166 valence electrons. The molecule has 2 aliphatic rings. The molecule has 2 saturated heterocycles. The van der Waals surface area contributed by atoms with Gasteiger partial charge >= 0.3 is 0 Å². The van der Waals surface area contributed by atoms with Crippen LogP contribution in [0.25, 0.3) is 0 Å². The maximum atomic E-state index is 6.86. The summed E-state index contributed by atoms with van der Waals surface area (Å²) in [5, 5.41) is 0.758. The zero-order valence-electron chi connectivity index (χ0n) is 18.8. The molecule has 2 fully saturated rings. The molecule has 2 unspecified atom stereocenters. The number of aryl methyl sites for hydroxylation is 1. The third-order valence-corrected chi connectivity index (χ3v) is 7.25. The molecule has 0 spiro atoms. The van der Waals surface area contributed by atoms with Crippen LogP contribution >= 0.6 is 11.6 Å². The summed E-state index contributed by atoms with van der Waals surface area (Å²) in [4.78, 5) is 2.69. The van der Waals surface area contributed by atoms with Crippen LogP contribution in [0.5, 0.6) is 0 Å².